The molecule has 2 atom stereocenters. The van der Waals surface area contributed by atoms with Crippen LogP contribution >= 0.6 is 23.8 Å². The van der Waals surface area contributed by atoms with Crippen LogP contribution in [0.3, 0.4) is 0 Å². The number of carbonyl (C=O) groups excluding carboxylic acids is 1. The Morgan fingerprint density at radius 2 is 1.77 bits per heavy atom. The predicted molar refractivity (Wildman–Crippen MR) is 159 cm³/mol. The molecule has 3 aromatic carbocycles. The highest BCUT2D eigenvalue weighted by Crippen LogP contribution is 2.40. The Morgan fingerprint density at radius 1 is 0.974 bits per heavy atom. The number of nitrogens with one attached hydrogen (secondary N) is 2. The first-order valence-electron chi connectivity index (χ1n) is 12.7. The van der Waals surface area contributed by atoms with Gasteiger partial charge in [-0.15, -0.1) is 0 Å². The van der Waals surface area contributed by atoms with Crippen LogP contribution in [0.5, 0.6) is 0 Å². The number of hydrogen-bond donors (Lipinski definition) is 2. The Labute approximate surface area is 236 Å². The number of thiocarbonyl (C=S) groups is 1. The van der Waals surface area contributed by atoms with E-state index in [2.05, 4.69) is 15.6 Å². The highest BCUT2D eigenvalue weighted by atomic mass is 35.5. The molecule has 5 aromatic rings. The monoisotopic (exact) mass is 552 g/mol. The van der Waals surface area contributed by atoms with E-state index >= 15 is 0 Å². The van der Waals surface area contributed by atoms with Crippen LogP contribution in [0, 0.1) is 0 Å². The Kier molecular flexibility index (Phi) is 7.00. The van der Waals surface area contributed by atoms with Crippen LogP contribution in [-0.2, 0) is 4.79 Å². The first kappa shape index (κ1) is 25.1. The second kappa shape index (κ2) is 10.9. The maximum atomic E-state index is 13.1. The van der Waals surface area contributed by atoms with Crippen molar-refractivity contribution in [2.24, 2.45) is 0 Å². The van der Waals surface area contributed by atoms with Crippen LogP contribution in [0.25, 0.3) is 22.1 Å². The molecular formula is C31H25ClN4O2S. The Bertz CT molecular complexity index is 1630. The van der Waals surface area contributed by atoms with Gasteiger partial charge in [0, 0.05) is 40.8 Å². The van der Waals surface area contributed by atoms with Crippen LogP contribution in [0.15, 0.2) is 108 Å². The van der Waals surface area contributed by atoms with Gasteiger partial charge in [0.1, 0.15) is 17.6 Å². The third kappa shape index (κ3) is 5.24. The maximum Gasteiger partial charge on any atom is 0.226 e. The van der Waals surface area contributed by atoms with Crippen LogP contribution in [0.2, 0.25) is 5.02 Å². The van der Waals surface area contributed by atoms with E-state index in [-0.39, 0.29) is 24.4 Å². The fourth-order valence-electron chi connectivity index (χ4n) is 5.01. The van der Waals surface area contributed by atoms with Gasteiger partial charge in [0.2, 0.25) is 5.91 Å². The lowest BCUT2D eigenvalue weighted by Crippen LogP contribution is -2.32. The summed E-state index contributed by atoms with van der Waals surface area (Å²) in [5.74, 6) is 1.38. The van der Waals surface area contributed by atoms with Crippen LogP contribution in [0.4, 0.5) is 5.69 Å². The van der Waals surface area contributed by atoms with E-state index in [4.69, 9.17) is 28.2 Å². The minimum Gasteiger partial charge on any atom is -0.459 e. The van der Waals surface area contributed by atoms with E-state index in [1.807, 2.05) is 102 Å². The largest absolute Gasteiger partial charge is 0.459 e. The summed E-state index contributed by atoms with van der Waals surface area (Å²) in [4.78, 5) is 19.7. The molecule has 1 saturated heterocycles. The molecular weight excluding hydrogens is 528 g/mol. The molecule has 1 aliphatic heterocycles. The molecule has 1 amide bonds. The molecule has 3 heterocycles. The zero-order valence-electron chi connectivity index (χ0n) is 20.9. The number of pyridine rings is 1. The molecule has 6 nitrogen and oxygen atoms in total. The van der Waals surface area contributed by atoms with Gasteiger partial charge in [0.15, 0.2) is 5.11 Å². The van der Waals surface area contributed by atoms with Crippen LogP contribution in [0.1, 0.15) is 30.0 Å². The number of fused-ring (bicyclic) bond motifs is 1. The standard InChI is InChI=1S/C31H25ClN4O2S/c32-22-13-11-21(12-14-22)26-15-16-27(38-26)30-29(25-9-3-4-18-33-25)35-31(39)36(30)19-17-28(37)34-24-10-5-7-20-6-1-2-8-23(20)24/h1-16,18,29-30H,17,19H2,(H,34,37)(H,35,39)/t29-,30+/m0/s1. The molecule has 194 valence electrons. The van der Waals surface area contributed by atoms with Gasteiger partial charge >= 0.3 is 0 Å². The van der Waals surface area contributed by atoms with Crippen molar-refractivity contribution in [1.29, 1.82) is 0 Å². The summed E-state index contributed by atoms with van der Waals surface area (Å²) < 4.78 is 6.36. The van der Waals surface area contributed by atoms with E-state index in [1.165, 1.54) is 0 Å². The number of aromatic nitrogens is 1. The molecule has 1 fully saturated rings. The second-order valence-corrected chi connectivity index (χ2v) is 10.2. The molecule has 0 bridgehead atoms. The minimum absolute atomic E-state index is 0.0875. The number of benzene rings is 3. The van der Waals surface area contributed by atoms with Gasteiger partial charge in [0.25, 0.3) is 0 Å². The van der Waals surface area contributed by atoms with Gasteiger partial charge in [-0.1, -0.05) is 54.1 Å². The molecule has 0 spiro atoms. The van der Waals surface area contributed by atoms with Crippen molar-refractivity contribution >= 4 is 51.3 Å². The van der Waals surface area contributed by atoms with Gasteiger partial charge in [-0.25, -0.2) is 0 Å². The van der Waals surface area contributed by atoms with Gasteiger partial charge in [0.05, 0.1) is 11.7 Å². The third-order valence-corrected chi connectivity index (χ3v) is 7.49. The summed E-state index contributed by atoms with van der Waals surface area (Å²) >= 11 is 11.8. The molecule has 0 unspecified atom stereocenters. The molecule has 2 aromatic heterocycles. The van der Waals surface area contributed by atoms with Crippen molar-refractivity contribution < 1.29 is 9.21 Å². The van der Waals surface area contributed by atoms with Crippen molar-refractivity contribution in [2.45, 2.75) is 18.5 Å². The lowest BCUT2D eigenvalue weighted by molar-refractivity contribution is -0.116. The maximum absolute atomic E-state index is 13.1. The number of furan rings is 1. The zero-order valence-corrected chi connectivity index (χ0v) is 22.5. The van der Waals surface area contributed by atoms with Crippen LogP contribution < -0.4 is 10.6 Å². The summed E-state index contributed by atoms with van der Waals surface area (Å²) in [6.45, 7) is 0.410. The number of carbonyl (C=O) groups is 1. The smallest absolute Gasteiger partial charge is 0.226 e. The van der Waals surface area contributed by atoms with Gasteiger partial charge in [-0.3, -0.25) is 9.78 Å². The number of amides is 1. The minimum atomic E-state index is -0.279. The van der Waals surface area contributed by atoms with E-state index in [0.29, 0.717) is 16.7 Å². The highest BCUT2D eigenvalue weighted by Gasteiger charge is 2.41. The van der Waals surface area contributed by atoms with Crippen molar-refractivity contribution in [3.05, 3.63) is 120 Å². The number of nitrogens with zero attached hydrogens (tertiary/aromatic N) is 2. The van der Waals surface area contributed by atoms with Gasteiger partial charge in [-0.2, -0.15) is 0 Å². The average molecular weight is 553 g/mol. The average Bonchev–Trinajstić information content (AvgIpc) is 3.57. The predicted octanol–water partition coefficient (Wildman–Crippen LogP) is 7.15. The van der Waals surface area contributed by atoms with E-state index in [0.717, 1.165) is 39.2 Å². The quantitative estimate of drug-likeness (QED) is 0.209. The number of hydrogen-bond acceptors (Lipinski definition) is 4. The lowest BCUT2D eigenvalue weighted by atomic mass is 10.0. The summed E-state index contributed by atoms with van der Waals surface area (Å²) in [7, 11) is 0. The molecule has 8 heteroatoms. The van der Waals surface area contributed by atoms with Gasteiger partial charge in [-0.05, 0) is 72.2 Å². The van der Waals surface area contributed by atoms with E-state index < -0.39 is 0 Å². The molecule has 2 N–H and O–H groups in total. The summed E-state index contributed by atoms with van der Waals surface area (Å²) in [5, 5.41) is 9.79. The molecule has 0 radical (unpaired) electrons. The number of rotatable bonds is 7. The zero-order chi connectivity index (χ0) is 26.8. The molecule has 0 aliphatic carbocycles. The molecule has 6 rings (SSSR count). The van der Waals surface area contributed by atoms with Crippen molar-refractivity contribution in [3.8, 4) is 11.3 Å². The Hall–Kier alpha value is -4.20. The first-order chi connectivity index (χ1) is 19.1. The SMILES string of the molecule is O=C(CCN1C(=S)N[C@@H](c2ccccn2)[C@H]1c1ccc(-c2ccc(Cl)cc2)o1)Nc1cccc2ccccc12. The molecule has 39 heavy (non-hydrogen) atoms. The molecule has 1 aliphatic rings. The van der Waals surface area contributed by atoms with Gasteiger partial charge < -0.3 is 20.0 Å². The molecule has 0 saturated carbocycles. The summed E-state index contributed by atoms with van der Waals surface area (Å²) in [5.41, 5.74) is 2.56. The first-order valence-corrected chi connectivity index (χ1v) is 13.5. The second-order valence-electron chi connectivity index (χ2n) is 9.35. The Morgan fingerprint density at radius 3 is 2.59 bits per heavy atom. The van der Waals surface area contributed by atoms with Crippen molar-refractivity contribution in [2.75, 3.05) is 11.9 Å². The third-order valence-electron chi connectivity index (χ3n) is 6.89. The number of anilines is 1. The van der Waals surface area contributed by atoms with E-state index in [9.17, 15) is 4.79 Å². The fourth-order valence-corrected chi connectivity index (χ4v) is 5.46. The van der Waals surface area contributed by atoms with Crippen molar-refractivity contribution in [3.63, 3.8) is 0 Å². The number of halogens is 1. The summed E-state index contributed by atoms with van der Waals surface area (Å²) in [6.07, 6.45) is 2.01. The topological polar surface area (TPSA) is 70.4 Å². The fraction of sp³-hybridized carbons (Fsp3) is 0.129. The van der Waals surface area contributed by atoms with E-state index in [1.54, 1.807) is 6.20 Å². The van der Waals surface area contributed by atoms with Crippen LogP contribution in [-0.4, -0.2) is 27.4 Å². The van der Waals surface area contributed by atoms with Crippen molar-refractivity contribution in [1.82, 2.24) is 15.2 Å². The highest BCUT2D eigenvalue weighted by molar-refractivity contribution is 7.80. The Balaban J connectivity index is 1.25. The lowest BCUT2D eigenvalue weighted by Gasteiger charge is -2.26. The normalized spacial score (nSPS) is 16.8. The summed E-state index contributed by atoms with van der Waals surface area (Å²) in [6, 6.07) is 30.6.